The van der Waals surface area contributed by atoms with Gasteiger partial charge in [0.05, 0.1) is 0 Å². The smallest absolute Gasteiger partial charge is 0.323 e. The van der Waals surface area contributed by atoms with Crippen LogP contribution in [0.15, 0.2) is 54.9 Å². The first-order valence-corrected chi connectivity index (χ1v) is 9.98. The Bertz CT molecular complexity index is 1030. The molecule has 2 heterocycles. The molecule has 148 valence electrons. The second-order valence-corrected chi connectivity index (χ2v) is 7.45. The number of hydrogen-bond donors (Lipinski definition) is 2. The molecule has 4 rings (SSSR count). The van der Waals surface area contributed by atoms with Crippen molar-refractivity contribution >= 4 is 34.8 Å². The molecule has 1 aliphatic heterocycles. The molecular formula is C22H22ClN5O. The topological polar surface area (TPSA) is 70.1 Å². The molecule has 1 aromatic heterocycles. The van der Waals surface area contributed by atoms with Gasteiger partial charge < -0.3 is 15.5 Å². The van der Waals surface area contributed by atoms with E-state index in [2.05, 4.69) is 25.5 Å². The van der Waals surface area contributed by atoms with Crippen molar-refractivity contribution in [1.29, 1.82) is 0 Å². The van der Waals surface area contributed by atoms with Gasteiger partial charge in [0.1, 0.15) is 5.69 Å². The van der Waals surface area contributed by atoms with Crippen LogP contribution in [0.25, 0.3) is 11.3 Å². The summed E-state index contributed by atoms with van der Waals surface area (Å²) in [4.78, 5) is 23.8. The zero-order valence-electron chi connectivity index (χ0n) is 16.2. The van der Waals surface area contributed by atoms with Gasteiger partial charge in [-0.05, 0) is 49.6 Å². The number of aryl methyl sites for hydroxylation is 1. The molecule has 0 saturated carbocycles. The van der Waals surface area contributed by atoms with Gasteiger partial charge in [0.25, 0.3) is 0 Å². The highest BCUT2D eigenvalue weighted by Gasteiger charge is 2.19. The average Bonchev–Trinajstić information content (AvgIpc) is 3.26. The molecule has 2 N–H and O–H groups in total. The molecule has 1 aliphatic rings. The van der Waals surface area contributed by atoms with Gasteiger partial charge in [-0.25, -0.2) is 9.78 Å². The van der Waals surface area contributed by atoms with Gasteiger partial charge in [-0.15, -0.1) is 0 Å². The molecule has 29 heavy (non-hydrogen) atoms. The van der Waals surface area contributed by atoms with Crippen molar-refractivity contribution in [3.05, 3.63) is 65.4 Å². The van der Waals surface area contributed by atoms with Crippen LogP contribution in [-0.4, -0.2) is 29.1 Å². The van der Waals surface area contributed by atoms with Crippen molar-refractivity contribution in [2.24, 2.45) is 0 Å². The van der Waals surface area contributed by atoms with E-state index in [1.54, 1.807) is 18.5 Å². The van der Waals surface area contributed by atoms with Crippen molar-refractivity contribution < 1.29 is 4.79 Å². The van der Waals surface area contributed by atoms with Gasteiger partial charge in [0.15, 0.2) is 5.82 Å². The van der Waals surface area contributed by atoms with Crippen LogP contribution < -0.4 is 15.5 Å². The van der Waals surface area contributed by atoms with E-state index in [9.17, 15) is 4.79 Å². The number of aromatic nitrogens is 2. The molecule has 0 radical (unpaired) electrons. The maximum absolute atomic E-state index is 12.4. The van der Waals surface area contributed by atoms with Gasteiger partial charge in [0, 0.05) is 47.4 Å². The Morgan fingerprint density at radius 2 is 1.72 bits per heavy atom. The van der Waals surface area contributed by atoms with Crippen LogP contribution in [0.3, 0.4) is 0 Å². The largest absolute Gasteiger partial charge is 0.355 e. The summed E-state index contributed by atoms with van der Waals surface area (Å²) < 4.78 is 0. The zero-order valence-corrected chi connectivity index (χ0v) is 16.9. The molecule has 0 unspecified atom stereocenters. The second-order valence-electron chi connectivity index (χ2n) is 7.05. The molecule has 2 amide bonds. The third-order valence-electron chi connectivity index (χ3n) is 4.91. The van der Waals surface area contributed by atoms with Crippen LogP contribution in [-0.2, 0) is 0 Å². The Hall–Kier alpha value is -3.12. The summed E-state index contributed by atoms with van der Waals surface area (Å²) in [6.45, 7) is 3.90. The number of hydrogen-bond acceptors (Lipinski definition) is 4. The van der Waals surface area contributed by atoms with Gasteiger partial charge in [-0.3, -0.25) is 4.98 Å². The minimum atomic E-state index is -0.332. The second kappa shape index (κ2) is 8.49. The fraction of sp³-hybridized carbons (Fsp3) is 0.227. The predicted octanol–water partition coefficient (Wildman–Crippen LogP) is 5.35. The van der Waals surface area contributed by atoms with E-state index in [4.69, 9.17) is 11.6 Å². The Morgan fingerprint density at radius 1 is 1.00 bits per heavy atom. The van der Waals surface area contributed by atoms with E-state index in [-0.39, 0.29) is 6.03 Å². The predicted molar refractivity (Wildman–Crippen MR) is 118 cm³/mol. The maximum Gasteiger partial charge on any atom is 0.323 e. The fourth-order valence-corrected chi connectivity index (χ4v) is 3.58. The van der Waals surface area contributed by atoms with Gasteiger partial charge in [0.2, 0.25) is 0 Å². The number of amides is 2. The van der Waals surface area contributed by atoms with E-state index in [0.717, 1.165) is 35.7 Å². The lowest BCUT2D eigenvalue weighted by Crippen LogP contribution is -2.20. The van der Waals surface area contributed by atoms with E-state index in [0.29, 0.717) is 16.4 Å². The molecule has 1 saturated heterocycles. The third kappa shape index (κ3) is 4.49. The van der Waals surface area contributed by atoms with Crippen LogP contribution in [0.2, 0.25) is 5.02 Å². The van der Waals surface area contributed by atoms with Gasteiger partial charge >= 0.3 is 6.03 Å². The Morgan fingerprint density at radius 3 is 2.48 bits per heavy atom. The molecule has 2 aromatic carbocycles. The molecule has 0 aliphatic carbocycles. The highest BCUT2D eigenvalue weighted by molar-refractivity contribution is 6.31. The zero-order chi connectivity index (χ0) is 20.2. The van der Waals surface area contributed by atoms with Crippen molar-refractivity contribution in [3.8, 4) is 11.3 Å². The SMILES string of the molecule is Cc1ccc(NC(=O)Nc2cccc(-c3nccnc3N3CCCC3)c2)cc1Cl. The first kappa shape index (κ1) is 19.2. The quantitative estimate of drug-likeness (QED) is 0.611. The molecule has 1 fully saturated rings. The number of urea groups is 1. The number of nitrogens with zero attached hydrogens (tertiary/aromatic N) is 3. The Balaban J connectivity index is 1.52. The number of halogens is 1. The fourth-order valence-electron chi connectivity index (χ4n) is 3.40. The van der Waals surface area contributed by atoms with Gasteiger partial charge in [-0.1, -0.05) is 29.8 Å². The monoisotopic (exact) mass is 407 g/mol. The lowest BCUT2D eigenvalue weighted by molar-refractivity contribution is 0.262. The third-order valence-corrected chi connectivity index (χ3v) is 5.32. The summed E-state index contributed by atoms with van der Waals surface area (Å²) in [5, 5.41) is 6.28. The van der Waals surface area contributed by atoms with E-state index in [1.165, 1.54) is 12.8 Å². The summed E-state index contributed by atoms with van der Waals surface area (Å²) in [5.74, 6) is 0.890. The lowest BCUT2D eigenvalue weighted by Gasteiger charge is -2.19. The molecule has 0 bridgehead atoms. The van der Waals surface area contributed by atoms with Crippen LogP contribution in [0.4, 0.5) is 22.0 Å². The number of anilines is 3. The molecule has 0 atom stereocenters. The average molecular weight is 408 g/mol. The number of carbonyl (C=O) groups is 1. The molecule has 3 aromatic rings. The molecule has 0 spiro atoms. The maximum atomic E-state index is 12.4. The Labute approximate surface area is 174 Å². The molecular weight excluding hydrogens is 386 g/mol. The summed E-state index contributed by atoms with van der Waals surface area (Å²) in [6, 6.07) is 12.7. The van der Waals surface area contributed by atoms with E-state index < -0.39 is 0 Å². The van der Waals surface area contributed by atoms with E-state index in [1.807, 2.05) is 43.3 Å². The van der Waals surface area contributed by atoms with Crippen molar-refractivity contribution in [2.75, 3.05) is 28.6 Å². The number of carbonyl (C=O) groups excluding carboxylic acids is 1. The minimum absolute atomic E-state index is 0.332. The van der Waals surface area contributed by atoms with Crippen LogP contribution in [0.1, 0.15) is 18.4 Å². The number of rotatable bonds is 4. The first-order chi connectivity index (χ1) is 14.1. The Kier molecular flexibility index (Phi) is 5.62. The standard InChI is InChI=1S/C22H22ClN5O/c1-15-7-8-18(14-19(15)23)27-22(29)26-17-6-4-5-16(13-17)20-21(25-10-9-24-20)28-11-2-3-12-28/h4-10,13-14H,2-3,11-12H2,1H3,(H2,26,27,29). The van der Waals surface area contributed by atoms with Gasteiger partial charge in [-0.2, -0.15) is 0 Å². The molecule has 7 heteroatoms. The molecule has 6 nitrogen and oxygen atoms in total. The summed E-state index contributed by atoms with van der Waals surface area (Å²) in [7, 11) is 0. The van der Waals surface area contributed by atoms with Crippen molar-refractivity contribution in [3.63, 3.8) is 0 Å². The summed E-state index contributed by atoms with van der Waals surface area (Å²) >= 11 is 6.13. The highest BCUT2D eigenvalue weighted by atomic mass is 35.5. The minimum Gasteiger partial charge on any atom is -0.355 e. The number of nitrogens with one attached hydrogen (secondary N) is 2. The first-order valence-electron chi connectivity index (χ1n) is 9.61. The van der Waals surface area contributed by atoms with Crippen molar-refractivity contribution in [1.82, 2.24) is 9.97 Å². The van der Waals surface area contributed by atoms with Crippen molar-refractivity contribution in [2.45, 2.75) is 19.8 Å². The van der Waals surface area contributed by atoms with E-state index >= 15 is 0 Å². The van der Waals surface area contributed by atoms with Crippen LogP contribution >= 0.6 is 11.6 Å². The normalized spacial score (nSPS) is 13.4. The van der Waals surface area contributed by atoms with Crippen LogP contribution in [0, 0.1) is 6.92 Å². The van der Waals surface area contributed by atoms with Crippen LogP contribution in [0.5, 0.6) is 0 Å². The lowest BCUT2D eigenvalue weighted by atomic mass is 10.1. The summed E-state index contributed by atoms with van der Waals surface area (Å²) in [5.41, 5.74) is 4.01. The highest BCUT2D eigenvalue weighted by Crippen LogP contribution is 2.30. The number of benzene rings is 2. The summed E-state index contributed by atoms with van der Waals surface area (Å²) in [6.07, 6.45) is 5.75.